The third kappa shape index (κ3) is 3.72. The van der Waals surface area contributed by atoms with Crippen molar-refractivity contribution >= 4 is 12.0 Å². The molecule has 0 spiro atoms. The van der Waals surface area contributed by atoms with Crippen LogP contribution in [0, 0.1) is 0 Å². The van der Waals surface area contributed by atoms with Crippen LogP contribution in [0.25, 0.3) is 0 Å². The first kappa shape index (κ1) is 16.8. The molecule has 1 atom stereocenters. The highest BCUT2D eigenvalue weighted by molar-refractivity contribution is 5.75. The van der Waals surface area contributed by atoms with Crippen LogP contribution in [-0.4, -0.2) is 47.2 Å². The molecule has 0 aliphatic heterocycles. The number of amides is 2. The fourth-order valence-corrected chi connectivity index (χ4v) is 3.70. The zero-order chi connectivity index (χ0) is 17.1. The summed E-state index contributed by atoms with van der Waals surface area (Å²) in [5, 5.41) is 14.9. The van der Waals surface area contributed by atoms with Crippen molar-refractivity contribution in [1.82, 2.24) is 15.5 Å². The van der Waals surface area contributed by atoms with Crippen molar-refractivity contribution in [2.45, 2.75) is 57.2 Å². The van der Waals surface area contributed by atoms with E-state index in [0.717, 1.165) is 43.4 Å². The third-order valence-corrected chi connectivity index (χ3v) is 5.07. The van der Waals surface area contributed by atoms with Crippen LogP contribution in [0.5, 0.6) is 0 Å². The van der Waals surface area contributed by atoms with Crippen LogP contribution in [0.1, 0.15) is 50.0 Å². The fraction of sp³-hybridized carbons (Fsp3) is 0.647. The molecule has 3 N–H and O–H groups in total. The number of hydrogen-bond acceptors (Lipinski definition) is 4. The van der Waals surface area contributed by atoms with Gasteiger partial charge in [0, 0.05) is 24.1 Å². The van der Waals surface area contributed by atoms with Gasteiger partial charge < -0.3 is 20.2 Å². The van der Waals surface area contributed by atoms with Gasteiger partial charge in [0.25, 0.3) is 0 Å². The number of hydrogen-bond donors (Lipinski definition) is 3. The largest absolute Gasteiger partial charge is 0.480 e. The van der Waals surface area contributed by atoms with Crippen molar-refractivity contribution in [3.05, 3.63) is 23.7 Å². The SMILES string of the molecule is CCN(CC(=O)O)C1CC(NC(=O)NC2CCCc3occc32)C1. The minimum absolute atomic E-state index is 0.0162. The van der Waals surface area contributed by atoms with Crippen molar-refractivity contribution in [2.24, 2.45) is 0 Å². The molecule has 0 bridgehead atoms. The Morgan fingerprint density at radius 3 is 2.88 bits per heavy atom. The zero-order valence-electron chi connectivity index (χ0n) is 14.0. The van der Waals surface area contributed by atoms with E-state index in [1.54, 1.807) is 6.26 Å². The second kappa shape index (κ2) is 7.25. The molecular weight excluding hydrogens is 310 g/mol. The first-order valence-electron chi connectivity index (χ1n) is 8.66. The van der Waals surface area contributed by atoms with Crippen LogP contribution in [0.15, 0.2) is 16.7 Å². The Hall–Kier alpha value is -2.02. The van der Waals surface area contributed by atoms with Gasteiger partial charge in [-0.25, -0.2) is 4.79 Å². The molecular formula is C17H25N3O4. The average molecular weight is 335 g/mol. The number of fused-ring (bicyclic) bond motifs is 1. The first-order valence-corrected chi connectivity index (χ1v) is 8.66. The van der Waals surface area contributed by atoms with Gasteiger partial charge >= 0.3 is 12.0 Å². The monoisotopic (exact) mass is 335 g/mol. The van der Waals surface area contributed by atoms with Gasteiger partial charge in [-0.3, -0.25) is 9.69 Å². The number of urea groups is 1. The third-order valence-electron chi connectivity index (χ3n) is 5.07. The first-order chi connectivity index (χ1) is 11.6. The molecule has 7 heteroatoms. The van der Waals surface area contributed by atoms with Gasteiger partial charge in [0.05, 0.1) is 18.8 Å². The molecule has 2 aliphatic rings. The molecule has 1 saturated carbocycles. The van der Waals surface area contributed by atoms with E-state index in [-0.39, 0.29) is 30.7 Å². The van der Waals surface area contributed by atoms with Crippen molar-refractivity contribution in [1.29, 1.82) is 0 Å². The molecule has 7 nitrogen and oxygen atoms in total. The lowest BCUT2D eigenvalue weighted by atomic mass is 9.85. The van der Waals surface area contributed by atoms with Crippen molar-refractivity contribution < 1.29 is 19.1 Å². The predicted molar refractivity (Wildman–Crippen MR) is 87.7 cm³/mol. The van der Waals surface area contributed by atoms with Crippen molar-refractivity contribution in [3.63, 3.8) is 0 Å². The van der Waals surface area contributed by atoms with Crippen LogP contribution >= 0.6 is 0 Å². The molecule has 2 aliphatic carbocycles. The molecule has 1 heterocycles. The summed E-state index contributed by atoms with van der Waals surface area (Å²) in [4.78, 5) is 25.0. The lowest BCUT2D eigenvalue weighted by molar-refractivity contribution is -0.139. The predicted octanol–water partition coefficient (Wildman–Crippen LogP) is 1.89. The molecule has 1 unspecified atom stereocenters. The number of furan rings is 1. The number of carboxylic acids is 1. The molecule has 0 radical (unpaired) electrons. The number of aryl methyl sites for hydroxylation is 1. The summed E-state index contributed by atoms with van der Waals surface area (Å²) in [6.45, 7) is 2.73. The Balaban J connectivity index is 1.44. The van der Waals surface area contributed by atoms with E-state index in [4.69, 9.17) is 9.52 Å². The Kier molecular flexibility index (Phi) is 5.08. The van der Waals surface area contributed by atoms with Crippen molar-refractivity contribution in [2.75, 3.05) is 13.1 Å². The van der Waals surface area contributed by atoms with Gasteiger partial charge in [0.2, 0.25) is 0 Å². The van der Waals surface area contributed by atoms with E-state index in [0.29, 0.717) is 6.54 Å². The van der Waals surface area contributed by atoms with Crippen LogP contribution in [0.4, 0.5) is 4.79 Å². The molecule has 3 rings (SSSR count). The second-order valence-electron chi connectivity index (χ2n) is 6.64. The smallest absolute Gasteiger partial charge is 0.317 e. The van der Waals surface area contributed by atoms with Gasteiger partial charge in [-0.15, -0.1) is 0 Å². The van der Waals surface area contributed by atoms with Gasteiger partial charge in [-0.05, 0) is 38.3 Å². The standard InChI is InChI=1S/C17H25N3O4/c1-2-20(10-16(21)22)12-8-11(9-12)18-17(23)19-14-4-3-5-15-13(14)6-7-24-15/h6-7,11-12,14H,2-5,8-10H2,1H3,(H,21,22)(H2,18,19,23). The quantitative estimate of drug-likeness (QED) is 0.738. The van der Waals surface area contributed by atoms with E-state index >= 15 is 0 Å². The van der Waals surface area contributed by atoms with E-state index in [9.17, 15) is 9.59 Å². The number of nitrogens with one attached hydrogen (secondary N) is 2. The Labute approximate surface area is 141 Å². The van der Waals surface area contributed by atoms with Crippen LogP contribution < -0.4 is 10.6 Å². The second-order valence-corrected chi connectivity index (χ2v) is 6.64. The minimum atomic E-state index is -0.806. The van der Waals surface area contributed by atoms with Crippen molar-refractivity contribution in [3.8, 4) is 0 Å². The summed E-state index contributed by atoms with van der Waals surface area (Å²) in [7, 11) is 0. The van der Waals surface area contributed by atoms with Crippen LogP contribution in [0.3, 0.4) is 0 Å². The molecule has 1 fully saturated rings. The number of aliphatic carboxylic acids is 1. The molecule has 2 amide bonds. The lowest BCUT2D eigenvalue weighted by Gasteiger charge is -2.42. The van der Waals surface area contributed by atoms with Gasteiger partial charge in [-0.2, -0.15) is 0 Å². The summed E-state index contributed by atoms with van der Waals surface area (Å²) in [5.74, 6) is 0.168. The molecule has 24 heavy (non-hydrogen) atoms. The van der Waals surface area contributed by atoms with Crippen LogP contribution in [-0.2, 0) is 11.2 Å². The molecule has 132 valence electrons. The maximum absolute atomic E-state index is 12.2. The maximum atomic E-state index is 12.2. The number of carboxylic acid groups (broad SMARTS) is 1. The van der Waals surface area contributed by atoms with E-state index in [1.165, 1.54) is 0 Å². The van der Waals surface area contributed by atoms with Gasteiger partial charge in [-0.1, -0.05) is 6.92 Å². The number of carbonyl (C=O) groups is 2. The topological polar surface area (TPSA) is 94.8 Å². The fourth-order valence-electron chi connectivity index (χ4n) is 3.70. The molecule has 0 saturated heterocycles. The van der Waals surface area contributed by atoms with E-state index in [1.807, 2.05) is 17.9 Å². The number of carbonyl (C=O) groups excluding carboxylic acids is 1. The number of nitrogens with zero attached hydrogens (tertiary/aromatic N) is 1. The zero-order valence-corrected chi connectivity index (χ0v) is 14.0. The number of likely N-dealkylation sites (N-methyl/N-ethyl adjacent to an activating group) is 1. The highest BCUT2D eigenvalue weighted by Crippen LogP contribution is 2.30. The summed E-state index contributed by atoms with van der Waals surface area (Å²) in [6, 6.07) is 2.15. The highest BCUT2D eigenvalue weighted by Gasteiger charge is 2.35. The van der Waals surface area contributed by atoms with Gasteiger partial charge in [0.1, 0.15) is 5.76 Å². The maximum Gasteiger partial charge on any atom is 0.317 e. The average Bonchev–Trinajstić information content (AvgIpc) is 2.98. The molecule has 1 aromatic heterocycles. The van der Waals surface area contributed by atoms with E-state index < -0.39 is 5.97 Å². The Morgan fingerprint density at radius 1 is 1.38 bits per heavy atom. The lowest BCUT2D eigenvalue weighted by Crippen LogP contribution is -2.56. The summed E-state index contributed by atoms with van der Waals surface area (Å²) < 4.78 is 5.44. The summed E-state index contributed by atoms with van der Waals surface area (Å²) in [6.07, 6.45) is 6.16. The van der Waals surface area contributed by atoms with Crippen LogP contribution in [0.2, 0.25) is 0 Å². The molecule has 1 aromatic rings. The summed E-state index contributed by atoms with van der Waals surface area (Å²) in [5.41, 5.74) is 1.08. The van der Waals surface area contributed by atoms with E-state index in [2.05, 4.69) is 10.6 Å². The minimum Gasteiger partial charge on any atom is -0.480 e. The normalized spacial score (nSPS) is 25.7. The Bertz CT molecular complexity index is 594. The van der Waals surface area contributed by atoms with Gasteiger partial charge in [0.15, 0.2) is 0 Å². The summed E-state index contributed by atoms with van der Waals surface area (Å²) >= 11 is 0. The highest BCUT2D eigenvalue weighted by atomic mass is 16.4. The molecule has 0 aromatic carbocycles. The number of rotatable bonds is 6. The Morgan fingerprint density at radius 2 is 2.17 bits per heavy atom.